The second-order valence-electron chi connectivity index (χ2n) is 6.52. The molecule has 0 aromatic heterocycles. The molecule has 0 radical (unpaired) electrons. The molecule has 2 aliphatic rings. The first-order valence-electron chi connectivity index (χ1n) is 7.67. The van der Waals surface area contributed by atoms with Crippen LogP contribution < -0.4 is 5.32 Å². The SMILES string of the molecule is CC(CNC(=O)CC1(C(=O)O)CCCC1)N(C)C1CC1. The quantitative estimate of drug-likeness (QED) is 0.744. The normalized spacial score (nSPS) is 22.8. The van der Waals surface area contributed by atoms with Crippen LogP contribution in [0.25, 0.3) is 0 Å². The number of carbonyl (C=O) groups excluding carboxylic acids is 1. The van der Waals surface area contributed by atoms with Crippen molar-refractivity contribution < 1.29 is 14.7 Å². The monoisotopic (exact) mass is 282 g/mol. The Hall–Kier alpha value is -1.10. The molecule has 2 aliphatic carbocycles. The number of carbonyl (C=O) groups is 2. The summed E-state index contributed by atoms with van der Waals surface area (Å²) in [6, 6.07) is 0.970. The molecule has 0 bridgehead atoms. The van der Waals surface area contributed by atoms with E-state index < -0.39 is 11.4 Å². The maximum Gasteiger partial charge on any atom is 0.310 e. The zero-order valence-corrected chi connectivity index (χ0v) is 12.5. The number of nitrogens with zero attached hydrogens (tertiary/aromatic N) is 1. The van der Waals surface area contributed by atoms with Crippen molar-refractivity contribution in [1.82, 2.24) is 10.2 Å². The van der Waals surface area contributed by atoms with Crippen LogP contribution in [0.15, 0.2) is 0 Å². The predicted molar refractivity (Wildman–Crippen MR) is 76.4 cm³/mol. The van der Waals surface area contributed by atoms with Gasteiger partial charge in [-0.15, -0.1) is 0 Å². The summed E-state index contributed by atoms with van der Waals surface area (Å²) < 4.78 is 0. The molecule has 0 saturated heterocycles. The maximum atomic E-state index is 12.0. The summed E-state index contributed by atoms with van der Waals surface area (Å²) in [5.74, 6) is -0.932. The van der Waals surface area contributed by atoms with Crippen LogP contribution >= 0.6 is 0 Å². The van der Waals surface area contributed by atoms with Crippen molar-refractivity contribution in [2.45, 2.75) is 64.0 Å². The predicted octanol–water partition coefficient (Wildman–Crippen LogP) is 1.62. The molecular weight excluding hydrogens is 256 g/mol. The Labute approximate surface area is 120 Å². The lowest BCUT2D eigenvalue weighted by atomic mass is 9.82. The molecular formula is C15H26N2O3. The molecule has 1 unspecified atom stereocenters. The van der Waals surface area contributed by atoms with Crippen LogP contribution in [-0.4, -0.2) is 47.6 Å². The molecule has 5 heteroatoms. The Bertz CT molecular complexity index is 373. The highest BCUT2D eigenvalue weighted by Crippen LogP contribution is 2.41. The van der Waals surface area contributed by atoms with E-state index >= 15 is 0 Å². The van der Waals surface area contributed by atoms with Crippen LogP contribution in [0.5, 0.6) is 0 Å². The molecule has 2 saturated carbocycles. The third-order valence-electron chi connectivity index (χ3n) is 4.93. The highest BCUT2D eigenvalue weighted by atomic mass is 16.4. The fourth-order valence-electron chi connectivity index (χ4n) is 3.14. The number of hydrogen-bond donors (Lipinski definition) is 2. The van der Waals surface area contributed by atoms with Crippen LogP contribution in [0.2, 0.25) is 0 Å². The Morgan fingerprint density at radius 3 is 2.45 bits per heavy atom. The number of rotatable bonds is 7. The summed E-state index contributed by atoms with van der Waals surface area (Å²) in [6.07, 6.45) is 5.72. The molecule has 0 aliphatic heterocycles. The summed E-state index contributed by atoms with van der Waals surface area (Å²) in [6.45, 7) is 2.70. The topological polar surface area (TPSA) is 69.6 Å². The lowest BCUT2D eigenvalue weighted by molar-refractivity contribution is -0.151. The number of carboxylic acid groups (broad SMARTS) is 1. The van der Waals surface area contributed by atoms with Gasteiger partial charge in [-0.3, -0.25) is 14.5 Å². The van der Waals surface area contributed by atoms with Crippen LogP contribution in [0.1, 0.15) is 51.9 Å². The maximum absolute atomic E-state index is 12.0. The molecule has 1 amide bonds. The van der Waals surface area contributed by atoms with Gasteiger partial charge in [-0.05, 0) is 39.7 Å². The van der Waals surface area contributed by atoms with Gasteiger partial charge in [0.05, 0.1) is 5.41 Å². The van der Waals surface area contributed by atoms with Gasteiger partial charge in [-0.2, -0.15) is 0 Å². The van der Waals surface area contributed by atoms with Gasteiger partial charge in [0.25, 0.3) is 0 Å². The van der Waals surface area contributed by atoms with E-state index in [1.807, 2.05) is 0 Å². The molecule has 1 atom stereocenters. The van der Waals surface area contributed by atoms with E-state index in [-0.39, 0.29) is 12.3 Å². The van der Waals surface area contributed by atoms with Crippen LogP contribution in [0.3, 0.4) is 0 Å². The van der Waals surface area contributed by atoms with E-state index in [1.54, 1.807) is 0 Å². The lowest BCUT2D eigenvalue weighted by Crippen LogP contribution is -2.43. The van der Waals surface area contributed by atoms with E-state index in [9.17, 15) is 14.7 Å². The number of nitrogens with one attached hydrogen (secondary N) is 1. The third kappa shape index (κ3) is 3.51. The van der Waals surface area contributed by atoms with Gasteiger partial charge in [0.15, 0.2) is 0 Å². The lowest BCUT2D eigenvalue weighted by Gasteiger charge is -2.26. The number of carboxylic acids is 1. The summed E-state index contributed by atoms with van der Waals surface area (Å²) >= 11 is 0. The standard InChI is InChI=1S/C15H26N2O3/c1-11(17(2)12-5-6-12)10-16-13(18)9-15(14(19)20)7-3-4-8-15/h11-12H,3-10H2,1-2H3,(H,16,18)(H,19,20). The van der Waals surface area contributed by atoms with Crippen molar-refractivity contribution in [3.63, 3.8) is 0 Å². The Morgan fingerprint density at radius 1 is 1.35 bits per heavy atom. The molecule has 2 fully saturated rings. The van der Waals surface area contributed by atoms with Crippen molar-refractivity contribution >= 4 is 11.9 Å². The van der Waals surface area contributed by atoms with E-state index in [2.05, 4.69) is 24.2 Å². The summed E-state index contributed by atoms with van der Waals surface area (Å²) in [5, 5.41) is 12.3. The van der Waals surface area contributed by atoms with Crippen molar-refractivity contribution in [2.75, 3.05) is 13.6 Å². The summed E-state index contributed by atoms with van der Waals surface area (Å²) in [4.78, 5) is 25.7. The van der Waals surface area contributed by atoms with E-state index in [1.165, 1.54) is 12.8 Å². The fourth-order valence-corrected chi connectivity index (χ4v) is 3.14. The zero-order valence-electron chi connectivity index (χ0n) is 12.5. The molecule has 0 spiro atoms. The molecule has 114 valence electrons. The highest BCUT2D eigenvalue weighted by molar-refractivity contribution is 5.85. The third-order valence-corrected chi connectivity index (χ3v) is 4.93. The van der Waals surface area contributed by atoms with Gasteiger partial charge in [0, 0.05) is 25.0 Å². The first-order chi connectivity index (χ1) is 9.44. The average molecular weight is 282 g/mol. The molecule has 2 N–H and O–H groups in total. The van der Waals surface area contributed by atoms with Crippen molar-refractivity contribution in [1.29, 1.82) is 0 Å². The van der Waals surface area contributed by atoms with E-state index in [0.29, 0.717) is 31.5 Å². The summed E-state index contributed by atoms with van der Waals surface area (Å²) in [7, 11) is 2.09. The minimum absolute atomic E-state index is 0.120. The fraction of sp³-hybridized carbons (Fsp3) is 0.867. The second-order valence-corrected chi connectivity index (χ2v) is 6.52. The Morgan fingerprint density at radius 2 is 1.95 bits per heavy atom. The molecule has 0 aromatic rings. The van der Waals surface area contributed by atoms with Crippen molar-refractivity contribution in [3.8, 4) is 0 Å². The van der Waals surface area contributed by atoms with Crippen LogP contribution in [-0.2, 0) is 9.59 Å². The van der Waals surface area contributed by atoms with E-state index in [4.69, 9.17) is 0 Å². The first-order valence-corrected chi connectivity index (χ1v) is 7.67. The van der Waals surface area contributed by atoms with Crippen molar-refractivity contribution in [2.24, 2.45) is 5.41 Å². The number of aliphatic carboxylic acids is 1. The van der Waals surface area contributed by atoms with Crippen molar-refractivity contribution in [3.05, 3.63) is 0 Å². The summed E-state index contributed by atoms with van der Waals surface area (Å²) in [5.41, 5.74) is -0.810. The minimum atomic E-state index is -0.812. The molecule has 2 rings (SSSR count). The highest BCUT2D eigenvalue weighted by Gasteiger charge is 2.43. The molecule has 5 nitrogen and oxygen atoms in total. The number of hydrogen-bond acceptors (Lipinski definition) is 3. The van der Waals surface area contributed by atoms with Crippen LogP contribution in [0, 0.1) is 5.41 Å². The largest absolute Gasteiger partial charge is 0.481 e. The molecule has 20 heavy (non-hydrogen) atoms. The number of amides is 1. The Balaban J connectivity index is 1.78. The van der Waals surface area contributed by atoms with Gasteiger partial charge in [0.1, 0.15) is 0 Å². The van der Waals surface area contributed by atoms with Gasteiger partial charge >= 0.3 is 5.97 Å². The zero-order chi connectivity index (χ0) is 14.8. The average Bonchev–Trinajstić information content (AvgIpc) is 3.15. The first kappa shape index (κ1) is 15.3. The van der Waals surface area contributed by atoms with Gasteiger partial charge < -0.3 is 10.4 Å². The van der Waals surface area contributed by atoms with Gasteiger partial charge in [0.2, 0.25) is 5.91 Å². The Kier molecular flexibility index (Phi) is 4.68. The molecule has 0 heterocycles. The van der Waals surface area contributed by atoms with E-state index in [0.717, 1.165) is 12.8 Å². The van der Waals surface area contributed by atoms with Gasteiger partial charge in [-0.1, -0.05) is 12.8 Å². The number of likely N-dealkylation sites (N-methyl/N-ethyl adjacent to an activating group) is 1. The van der Waals surface area contributed by atoms with Gasteiger partial charge in [-0.25, -0.2) is 0 Å². The molecule has 0 aromatic carbocycles. The van der Waals surface area contributed by atoms with Crippen LogP contribution in [0.4, 0.5) is 0 Å². The smallest absolute Gasteiger partial charge is 0.310 e. The second kappa shape index (κ2) is 6.12. The minimum Gasteiger partial charge on any atom is -0.481 e.